The highest BCUT2D eigenvalue weighted by Crippen LogP contribution is 2.14. The zero-order valence-corrected chi connectivity index (χ0v) is 8.01. The number of nitrogens with two attached hydrogens (primary N) is 2. The molecule has 14 heavy (non-hydrogen) atoms. The van der Waals surface area contributed by atoms with Crippen LogP contribution in [0.3, 0.4) is 0 Å². The highest BCUT2D eigenvalue weighted by atomic mass is 16.5. The number of nitrogen functional groups attached to an aromatic ring is 1. The molecule has 6 nitrogen and oxygen atoms in total. The SMILES string of the molecule is COC[C@@H](N)COc1cncnc1N. The van der Waals surface area contributed by atoms with E-state index in [9.17, 15) is 0 Å². The predicted molar refractivity (Wildman–Crippen MR) is 51.8 cm³/mol. The lowest BCUT2D eigenvalue weighted by molar-refractivity contribution is 0.152. The maximum absolute atomic E-state index is 5.65. The van der Waals surface area contributed by atoms with E-state index < -0.39 is 0 Å². The van der Waals surface area contributed by atoms with Crippen molar-refractivity contribution in [1.82, 2.24) is 9.97 Å². The number of nitrogens with zero attached hydrogens (tertiary/aromatic N) is 2. The molecule has 0 unspecified atom stereocenters. The van der Waals surface area contributed by atoms with Gasteiger partial charge >= 0.3 is 0 Å². The molecule has 6 heteroatoms. The van der Waals surface area contributed by atoms with Crippen LogP contribution in [-0.4, -0.2) is 36.3 Å². The van der Waals surface area contributed by atoms with E-state index in [1.807, 2.05) is 0 Å². The summed E-state index contributed by atoms with van der Waals surface area (Å²) < 4.78 is 10.2. The van der Waals surface area contributed by atoms with Crippen molar-refractivity contribution in [3.05, 3.63) is 12.5 Å². The van der Waals surface area contributed by atoms with Gasteiger partial charge in [0, 0.05) is 7.11 Å². The van der Waals surface area contributed by atoms with Crippen molar-refractivity contribution in [2.75, 3.05) is 26.1 Å². The minimum Gasteiger partial charge on any atom is -0.486 e. The first-order valence-electron chi connectivity index (χ1n) is 4.17. The lowest BCUT2D eigenvalue weighted by atomic mass is 10.3. The zero-order valence-electron chi connectivity index (χ0n) is 8.01. The van der Waals surface area contributed by atoms with Crippen LogP contribution in [0.15, 0.2) is 12.5 Å². The van der Waals surface area contributed by atoms with Gasteiger partial charge in [0.25, 0.3) is 0 Å². The highest BCUT2D eigenvalue weighted by Gasteiger charge is 2.05. The Morgan fingerprint density at radius 1 is 1.50 bits per heavy atom. The van der Waals surface area contributed by atoms with E-state index in [2.05, 4.69) is 9.97 Å². The highest BCUT2D eigenvalue weighted by molar-refractivity contribution is 5.42. The van der Waals surface area contributed by atoms with Gasteiger partial charge in [-0.05, 0) is 0 Å². The van der Waals surface area contributed by atoms with Crippen molar-refractivity contribution in [3.8, 4) is 5.75 Å². The lowest BCUT2D eigenvalue weighted by Gasteiger charge is -2.12. The number of ether oxygens (including phenoxy) is 2. The minimum atomic E-state index is -0.181. The predicted octanol–water partition coefficient (Wildman–Crippen LogP) is -0.589. The molecule has 0 saturated carbocycles. The van der Waals surface area contributed by atoms with E-state index in [1.54, 1.807) is 7.11 Å². The lowest BCUT2D eigenvalue weighted by Crippen LogP contribution is -2.32. The van der Waals surface area contributed by atoms with Crippen LogP contribution in [0.4, 0.5) is 5.82 Å². The number of hydrogen-bond acceptors (Lipinski definition) is 6. The summed E-state index contributed by atoms with van der Waals surface area (Å²) in [6.45, 7) is 0.763. The molecule has 0 aliphatic heterocycles. The Morgan fingerprint density at radius 2 is 2.29 bits per heavy atom. The monoisotopic (exact) mass is 198 g/mol. The Labute approximate surface area is 82.2 Å². The van der Waals surface area contributed by atoms with Gasteiger partial charge in [0.1, 0.15) is 12.9 Å². The summed E-state index contributed by atoms with van der Waals surface area (Å²) in [6, 6.07) is -0.181. The number of rotatable bonds is 5. The molecule has 0 radical (unpaired) electrons. The van der Waals surface area contributed by atoms with Gasteiger partial charge in [0.15, 0.2) is 11.6 Å². The normalized spacial score (nSPS) is 12.4. The third-order valence-electron chi connectivity index (χ3n) is 1.54. The molecule has 1 rings (SSSR count). The molecule has 0 fully saturated rings. The van der Waals surface area contributed by atoms with E-state index in [1.165, 1.54) is 12.5 Å². The number of hydrogen-bond donors (Lipinski definition) is 2. The first kappa shape index (κ1) is 10.7. The molecule has 0 aromatic carbocycles. The summed E-state index contributed by atoms with van der Waals surface area (Å²) in [4.78, 5) is 7.55. The summed E-state index contributed by atoms with van der Waals surface area (Å²) in [5.74, 6) is 0.753. The third-order valence-corrected chi connectivity index (χ3v) is 1.54. The summed E-state index contributed by atoms with van der Waals surface area (Å²) in [5, 5.41) is 0. The number of aromatic nitrogens is 2. The van der Waals surface area contributed by atoms with Gasteiger partial charge in [0.2, 0.25) is 0 Å². The number of anilines is 1. The van der Waals surface area contributed by atoms with Crippen LogP contribution in [0.1, 0.15) is 0 Å². The summed E-state index contributed by atoms with van der Waals surface area (Å²) in [6.07, 6.45) is 2.86. The maximum Gasteiger partial charge on any atom is 0.179 e. The molecule has 0 saturated heterocycles. The van der Waals surface area contributed by atoms with Crippen LogP contribution < -0.4 is 16.2 Å². The van der Waals surface area contributed by atoms with Crippen molar-refractivity contribution in [2.24, 2.45) is 5.73 Å². The standard InChI is InChI=1S/C8H14N4O2/c1-13-3-6(9)4-14-7-2-11-5-12-8(7)10/h2,5-6H,3-4,9H2,1H3,(H2,10,11,12)/t6-/m1/s1. The second kappa shape index (κ2) is 5.36. The summed E-state index contributed by atoms with van der Waals surface area (Å²) in [7, 11) is 1.58. The van der Waals surface area contributed by atoms with Crippen LogP contribution in [0.2, 0.25) is 0 Å². The van der Waals surface area contributed by atoms with Crippen molar-refractivity contribution < 1.29 is 9.47 Å². The van der Waals surface area contributed by atoms with Gasteiger partial charge in [-0.3, -0.25) is 0 Å². The van der Waals surface area contributed by atoms with Crippen LogP contribution in [0, 0.1) is 0 Å². The fourth-order valence-corrected chi connectivity index (χ4v) is 0.897. The Bertz CT molecular complexity index is 282. The molecule has 1 atom stereocenters. The quantitative estimate of drug-likeness (QED) is 0.656. The van der Waals surface area contributed by atoms with Crippen LogP contribution >= 0.6 is 0 Å². The largest absolute Gasteiger partial charge is 0.486 e. The molecule has 0 amide bonds. The Hall–Kier alpha value is -1.40. The fraction of sp³-hybridized carbons (Fsp3) is 0.500. The van der Waals surface area contributed by atoms with Gasteiger partial charge in [-0.2, -0.15) is 0 Å². The smallest absolute Gasteiger partial charge is 0.179 e. The molecular weight excluding hydrogens is 184 g/mol. The van der Waals surface area contributed by atoms with Crippen molar-refractivity contribution in [3.63, 3.8) is 0 Å². The van der Waals surface area contributed by atoms with Crippen molar-refractivity contribution in [1.29, 1.82) is 0 Å². The summed E-state index contributed by atoms with van der Waals surface area (Å²) >= 11 is 0. The molecule has 4 N–H and O–H groups in total. The number of methoxy groups -OCH3 is 1. The molecule has 1 aromatic rings. The molecule has 1 aromatic heterocycles. The summed E-state index contributed by atoms with van der Waals surface area (Å²) in [5.41, 5.74) is 11.2. The van der Waals surface area contributed by atoms with Crippen LogP contribution in [-0.2, 0) is 4.74 Å². The molecule has 0 bridgehead atoms. The molecule has 0 aliphatic carbocycles. The fourth-order valence-electron chi connectivity index (χ4n) is 0.897. The molecule has 1 heterocycles. The van der Waals surface area contributed by atoms with Crippen LogP contribution in [0.25, 0.3) is 0 Å². The molecule has 78 valence electrons. The Kier molecular flexibility index (Phi) is 4.09. The Morgan fingerprint density at radius 3 is 2.93 bits per heavy atom. The molecule has 0 aliphatic rings. The van der Waals surface area contributed by atoms with Crippen molar-refractivity contribution in [2.45, 2.75) is 6.04 Å². The van der Waals surface area contributed by atoms with Gasteiger partial charge < -0.3 is 20.9 Å². The van der Waals surface area contributed by atoms with E-state index >= 15 is 0 Å². The first-order chi connectivity index (χ1) is 6.74. The van der Waals surface area contributed by atoms with Crippen molar-refractivity contribution >= 4 is 5.82 Å². The van der Waals surface area contributed by atoms with Gasteiger partial charge in [-0.15, -0.1) is 0 Å². The second-order valence-corrected chi connectivity index (χ2v) is 2.80. The van der Waals surface area contributed by atoms with Gasteiger partial charge in [-0.25, -0.2) is 9.97 Å². The van der Waals surface area contributed by atoms with E-state index in [-0.39, 0.29) is 6.04 Å². The molecule has 0 spiro atoms. The van der Waals surface area contributed by atoms with E-state index in [0.717, 1.165) is 0 Å². The molecular formula is C8H14N4O2. The maximum atomic E-state index is 5.65. The van der Waals surface area contributed by atoms with Crippen LogP contribution in [0.5, 0.6) is 5.75 Å². The average molecular weight is 198 g/mol. The zero-order chi connectivity index (χ0) is 10.4. The van der Waals surface area contributed by atoms with Gasteiger partial charge in [-0.1, -0.05) is 0 Å². The second-order valence-electron chi connectivity index (χ2n) is 2.80. The van der Waals surface area contributed by atoms with E-state index in [0.29, 0.717) is 24.8 Å². The topological polar surface area (TPSA) is 96.3 Å². The Balaban J connectivity index is 2.41. The average Bonchev–Trinajstić information content (AvgIpc) is 2.17. The van der Waals surface area contributed by atoms with E-state index in [4.69, 9.17) is 20.9 Å². The van der Waals surface area contributed by atoms with Gasteiger partial charge in [0.05, 0.1) is 18.8 Å². The first-order valence-corrected chi connectivity index (χ1v) is 4.17. The minimum absolute atomic E-state index is 0.181. The third kappa shape index (κ3) is 3.15.